The van der Waals surface area contributed by atoms with Crippen molar-refractivity contribution in [3.8, 4) is 5.75 Å². The van der Waals surface area contributed by atoms with Crippen LogP contribution < -0.4 is 4.74 Å². The second kappa shape index (κ2) is 9.99. The summed E-state index contributed by atoms with van der Waals surface area (Å²) in [5, 5.41) is 0. The molecule has 10 heteroatoms. The molecule has 0 N–H and O–H groups in total. The Morgan fingerprint density at radius 1 is 1.12 bits per heavy atom. The average Bonchev–Trinajstić information content (AvgIpc) is 2.91. The summed E-state index contributed by atoms with van der Waals surface area (Å²) in [7, 11) is 0. The fourth-order valence-electron chi connectivity index (χ4n) is 3.38. The van der Waals surface area contributed by atoms with Gasteiger partial charge in [0, 0.05) is 37.1 Å². The molecule has 2 amide bonds. The van der Waals surface area contributed by atoms with Crippen LogP contribution in [-0.4, -0.2) is 64.7 Å². The van der Waals surface area contributed by atoms with E-state index in [-0.39, 0.29) is 43.3 Å². The molecule has 0 bridgehead atoms. The number of carbonyl (C=O) groups is 2. The van der Waals surface area contributed by atoms with Gasteiger partial charge in [-0.1, -0.05) is 12.1 Å². The molecule has 172 valence electrons. The molecule has 1 atom stereocenters. The number of nitrogens with zero attached hydrogens (tertiary/aromatic N) is 3. The molecule has 1 aromatic carbocycles. The van der Waals surface area contributed by atoms with Gasteiger partial charge in [-0.05, 0) is 43.7 Å². The van der Waals surface area contributed by atoms with E-state index in [0.29, 0.717) is 17.7 Å². The number of aromatic nitrogens is 1. The quantitative estimate of drug-likeness (QED) is 0.674. The summed E-state index contributed by atoms with van der Waals surface area (Å²) < 4.78 is 46.8. The van der Waals surface area contributed by atoms with Gasteiger partial charge in [0.25, 0.3) is 5.91 Å². The number of ether oxygens (including phenoxy) is 2. The molecule has 0 aliphatic carbocycles. The van der Waals surface area contributed by atoms with Crippen molar-refractivity contribution in [2.75, 3.05) is 19.6 Å². The second-order valence-corrected chi connectivity index (χ2v) is 7.69. The van der Waals surface area contributed by atoms with Gasteiger partial charge in [0.1, 0.15) is 12.3 Å². The highest BCUT2D eigenvalue weighted by Crippen LogP contribution is 2.23. The third kappa shape index (κ3) is 6.43. The molecular weight excluding hydrogens is 427 g/mol. The number of benzene rings is 1. The van der Waals surface area contributed by atoms with Crippen molar-refractivity contribution in [2.24, 2.45) is 0 Å². The van der Waals surface area contributed by atoms with Crippen LogP contribution in [0.5, 0.6) is 5.75 Å². The first-order valence-electron chi connectivity index (χ1n) is 10.1. The summed E-state index contributed by atoms with van der Waals surface area (Å²) in [5.41, 5.74) is 1.06. The van der Waals surface area contributed by atoms with E-state index in [2.05, 4.69) is 9.72 Å². The second-order valence-electron chi connectivity index (χ2n) is 7.69. The predicted molar refractivity (Wildman–Crippen MR) is 109 cm³/mol. The molecule has 2 heterocycles. The number of carbonyl (C=O) groups excluding carboxylic acids is 2. The van der Waals surface area contributed by atoms with Crippen molar-refractivity contribution in [1.82, 2.24) is 14.8 Å². The van der Waals surface area contributed by atoms with Crippen molar-refractivity contribution in [2.45, 2.75) is 39.0 Å². The van der Waals surface area contributed by atoms with Gasteiger partial charge in [-0.25, -0.2) is 0 Å². The zero-order valence-corrected chi connectivity index (χ0v) is 17.7. The molecule has 1 aromatic heterocycles. The number of halogens is 3. The van der Waals surface area contributed by atoms with Gasteiger partial charge in [-0.2, -0.15) is 0 Å². The predicted octanol–water partition coefficient (Wildman–Crippen LogP) is 3.26. The van der Waals surface area contributed by atoms with E-state index in [4.69, 9.17) is 4.74 Å². The van der Waals surface area contributed by atoms with Crippen molar-refractivity contribution < 1.29 is 32.2 Å². The molecule has 0 saturated carbocycles. The van der Waals surface area contributed by atoms with Gasteiger partial charge in [-0.3, -0.25) is 14.6 Å². The average molecular weight is 451 g/mol. The highest BCUT2D eigenvalue weighted by Gasteiger charge is 2.33. The number of hydrogen-bond donors (Lipinski definition) is 0. The third-order valence-corrected chi connectivity index (χ3v) is 4.95. The minimum absolute atomic E-state index is 0.0668. The largest absolute Gasteiger partial charge is 0.573 e. The number of hydrogen-bond acceptors (Lipinski definition) is 5. The van der Waals surface area contributed by atoms with Crippen LogP contribution in [0, 0.1) is 0 Å². The topological polar surface area (TPSA) is 72.0 Å². The van der Waals surface area contributed by atoms with E-state index in [1.165, 1.54) is 41.6 Å². The number of alkyl halides is 3. The van der Waals surface area contributed by atoms with Crippen molar-refractivity contribution in [3.63, 3.8) is 0 Å². The highest BCUT2D eigenvalue weighted by atomic mass is 19.4. The monoisotopic (exact) mass is 451 g/mol. The molecule has 3 rings (SSSR count). The lowest BCUT2D eigenvalue weighted by atomic mass is 10.2. The Morgan fingerprint density at radius 3 is 2.38 bits per heavy atom. The summed E-state index contributed by atoms with van der Waals surface area (Å²) >= 11 is 0. The van der Waals surface area contributed by atoms with Crippen LogP contribution in [0.15, 0.2) is 48.8 Å². The Balaban J connectivity index is 1.70. The van der Waals surface area contributed by atoms with Crippen LogP contribution in [0.3, 0.4) is 0 Å². The molecule has 0 spiro atoms. The Bertz CT molecular complexity index is 920. The van der Waals surface area contributed by atoms with Crippen LogP contribution in [0.25, 0.3) is 0 Å². The zero-order valence-electron chi connectivity index (χ0n) is 17.7. The van der Waals surface area contributed by atoms with Crippen molar-refractivity contribution >= 4 is 11.8 Å². The molecular formula is C22H24F3N3O4. The van der Waals surface area contributed by atoms with Crippen molar-refractivity contribution in [1.29, 1.82) is 0 Å². The normalized spacial score (nSPS) is 17.4. The van der Waals surface area contributed by atoms with E-state index >= 15 is 0 Å². The third-order valence-electron chi connectivity index (χ3n) is 4.95. The molecule has 1 unspecified atom stereocenters. The smallest absolute Gasteiger partial charge is 0.406 e. The molecule has 1 aliphatic rings. The van der Waals surface area contributed by atoms with E-state index in [0.717, 1.165) is 0 Å². The molecule has 32 heavy (non-hydrogen) atoms. The number of rotatable bonds is 6. The van der Waals surface area contributed by atoms with Crippen molar-refractivity contribution in [3.05, 3.63) is 59.9 Å². The Hall–Kier alpha value is -3.14. The molecule has 1 fully saturated rings. The van der Waals surface area contributed by atoms with Crippen LogP contribution in [-0.2, 0) is 16.1 Å². The summed E-state index contributed by atoms with van der Waals surface area (Å²) in [5.74, 6) is -0.794. The van der Waals surface area contributed by atoms with Gasteiger partial charge >= 0.3 is 6.36 Å². The first-order valence-corrected chi connectivity index (χ1v) is 10.1. The Labute approximate surface area is 183 Å². The summed E-state index contributed by atoms with van der Waals surface area (Å²) in [6.07, 6.45) is -2.21. The first kappa shape index (κ1) is 23.5. The highest BCUT2D eigenvalue weighted by molar-refractivity contribution is 5.96. The van der Waals surface area contributed by atoms with Crippen LogP contribution in [0.2, 0.25) is 0 Å². The minimum Gasteiger partial charge on any atom is -0.406 e. The van der Waals surface area contributed by atoms with Crippen LogP contribution >= 0.6 is 0 Å². The lowest BCUT2D eigenvalue weighted by Crippen LogP contribution is -2.42. The molecule has 7 nitrogen and oxygen atoms in total. The molecule has 2 aromatic rings. The summed E-state index contributed by atoms with van der Waals surface area (Å²) in [6, 6.07) is 8.46. The molecule has 1 saturated heterocycles. The standard InChI is InChI=1S/C22H24F3N3O4/c1-15(2)28-12-19(31-14-16-3-5-18(6-4-16)32-22(23,24)25)11-27(13-20(28)29)21(30)17-7-9-26-10-8-17/h3-10,15,19H,11-14H2,1-2H3. The Morgan fingerprint density at radius 2 is 1.78 bits per heavy atom. The summed E-state index contributed by atoms with van der Waals surface area (Å²) in [6.45, 7) is 4.30. The molecule has 1 aliphatic heterocycles. The molecule has 0 radical (unpaired) electrons. The van der Waals surface area contributed by atoms with E-state index in [1.807, 2.05) is 13.8 Å². The zero-order chi connectivity index (χ0) is 23.3. The lowest BCUT2D eigenvalue weighted by Gasteiger charge is -2.27. The maximum absolute atomic E-state index is 12.9. The fourth-order valence-corrected chi connectivity index (χ4v) is 3.38. The van der Waals surface area contributed by atoms with E-state index < -0.39 is 12.5 Å². The maximum atomic E-state index is 12.9. The maximum Gasteiger partial charge on any atom is 0.573 e. The van der Waals surface area contributed by atoms with E-state index in [1.54, 1.807) is 17.0 Å². The van der Waals surface area contributed by atoms with E-state index in [9.17, 15) is 22.8 Å². The van der Waals surface area contributed by atoms with Gasteiger partial charge in [-0.15, -0.1) is 13.2 Å². The van der Waals surface area contributed by atoms with Gasteiger partial charge in [0.15, 0.2) is 0 Å². The first-order chi connectivity index (χ1) is 15.1. The fraction of sp³-hybridized carbons (Fsp3) is 0.409. The van der Waals surface area contributed by atoms with Gasteiger partial charge in [0.2, 0.25) is 5.91 Å². The minimum atomic E-state index is -4.75. The SMILES string of the molecule is CC(C)N1CC(OCc2ccc(OC(F)(F)F)cc2)CN(C(=O)c2ccncc2)CC1=O. The van der Waals surface area contributed by atoms with Gasteiger partial charge < -0.3 is 19.3 Å². The number of pyridine rings is 1. The lowest BCUT2D eigenvalue weighted by molar-refractivity contribution is -0.274. The number of amides is 2. The van der Waals surface area contributed by atoms with Crippen LogP contribution in [0.4, 0.5) is 13.2 Å². The summed E-state index contributed by atoms with van der Waals surface area (Å²) in [4.78, 5) is 32.7. The van der Waals surface area contributed by atoms with Crippen LogP contribution in [0.1, 0.15) is 29.8 Å². The van der Waals surface area contributed by atoms with Gasteiger partial charge in [0.05, 0.1) is 12.7 Å². The Kier molecular flexibility index (Phi) is 7.34.